The van der Waals surface area contributed by atoms with E-state index >= 15 is 0 Å². The maximum absolute atomic E-state index is 13.8. The summed E-state index contributed by atoms with van der Waals surface area (Å²) >= 11 is 0. The third-order valence-electron chi connectivity index (χ3n) is 6.68. The van der Waals surface area contributed by atoms with Crippen molar-refractivity contribution < 1.29 is 27.4 Å². The molecule has 0 aliphatic carbocycles. The molecule has 0 saturated carbocycles. The second-order valence-electron chi connectivity index (χ2n) is 9.09. The number of carbonyl (C=O) groups is 1. The predicted octanol–water partition coefficient (Wildman–Crippen LogP) is 4.04. The Kier molecular flexibility index (Phi) is 6.70. The maximum Gasteiger partial charge on any atom is 0.256 e. The van der Waals surface area contributed by atoms with Gasteiger partial charge in [-0.2, -0.15) is 5.10 Å². The summed E-state index contributed by atoms with van der Waals surface area (Å²) in [4.78, 5) is 18.6. The smallest absolute Gasteiger partial charge is 0.256 e. The molecule has 198 valence electrons. The van der Waals surface area contributed by atoms with Crippen molar-refractivity contribution in [3.8, 4) is 28.5 Å². The van der Waals surface area contributed by atoms with Gasteiger partial charge in [-0.25, -0.2) is 18.1 Å². The number of sulfone groups is 1. The summed E-state index contributed by atoms with van der Waals surface area (Å²) in [5, 5.41) is 8.15. The van der Waals surface area contributed by atoms with Crippen LogP contribution in [0.4, 0.5) is 5.69 Å². The topological polar surface area (TPSA) is 122 Å². The highest BCUT2D eigenvalue weighted by molar-refractivity contribution is 7.91. The SMILES string of the molecule is COc1ccc(-c2cc(C(=O)Nc3cc(OC)ccc3OC)c3c(C)nn(C4CCS(=O)(=O)C4)c3n2)cc1. The first kappa shape index (κ1) is 25.5. The lowest BCUT2D eigenvalue weighted by molar-refractivity contribution is 0.102. The summed E-state index contributed by atoms with van der Waals surface area (Å²) in [5.41, 5.74) is 3.16. The number of benzene rings is 2. The number of pyridine rings is 1. The molecule has 0 bridgehead atoms. The third-order valence-corrected chi connectivity index (χ3v) is 8.43. The van der Waals surface area contributed by atoms with Gasteiger partial charge in [0, 0.05) is 11.6 Å². The highest BCUT2D eigenvalue weighted by atomic mass is 32.2. The van der Waals surface area contributed by atoms with Gasteiger partial charge in [0.15, 0.2) is 15.5 Å². The molecule has 3 heterocycles. The summed E-state index contributed by atoms with van der Waals surface area (Å²) in [6.45, 7) is 1.79. The highest BCUT2D eigenvalue weighted by Crippen LogP contribution is 2.34. The van der Waals surface area contributed by atoms with Crippen LogP contribution >= 0.6 is 0 Å². The van der Waals surface area contributed by atoms with Crippen molar-refractivity contribution in [2.75, 3.05) is 38.2 Å². The lowest BCUT2D eigenvalue weighted by Gasteiger charge is -2.14. The second kappa shape index (κ2) is 9.97. The van der Waals surface area contributed by atoms with Crippen LogP contribution in [-0.4, -0.2) is 61.9 Å². The largest absolute Gasteiger partial charge is 0.497 e. The fourth-order valence-corrected chi connectivity index (χ4v) is 6.42. The number of aromatic nitrogens is 3. The van der Waals surface area contributed by atoms with E-state index in [1.807, 2.05) is 24.3 Å². The minimum absolute atomic E-state index is 0.0137. The number of hydrogen-bond acceptors (Lipinski definition) is 8. The fourth-order valence-electron chi connectivity index (χ4n) is 4.73. The molecule has 38 heavy (non-hydrogen) atoms. The molecular formula is C27H28N4O6S. The van der Waals surface area contributed by atoms with Crippen LogP contribution in [0.25, 0.3) is 22.3 Å². The quantitative estimate of drug-likeness (QED) is 0.376. The normalized spacial score (nSPS) is 16.4. The Balaban J connectivity index is 1.66. The van der Waals surface area contributed by atoms with E-state index in [9.17, 15) is 13.2 Å². The number of aryl methyl sites for hydroxylation is 1. The zero-order valence-corrected chi connectivity index (χ0v) is 22.3. The van der Waals surface area contributed by atoms with Crippen molar-refractivity contribution in [1.82, 2.24) is 14.8 Å². The number of anilines is 1. The van der Waals surface area contributed by atoms with Gasteiger partial charge < -0.3 is 19.5 Å². The summed E-state index contributed by atoms with van der Waals surface area (Å²) in [6.07, 6.45) is 0.440. The van der Waals surface area contributed by atoms with Gasteiger partial charge in [0.05, 0.1) is 66.9 Å². The van der Waals surface area contributed by atoms with Crippen LogP contribution in [-0.2, 0) is 9.84 Å². The van der Waals surface area contributed by atoms with Crippen LogP contribution in [0, 0.1) is 6.92 Å². The minimum atomic E-state index is -3.16. The molecule has 1 N–H and O–H groups in total. The first-order chi connectivity index (χ1) is 18.2. The number of ether oxygens (including phenoxy) is 3. The van der Waals surface area contributed by atoms with Crippen molar-refractivity contribution in [2.45, 2.75) is 19.4 Å². The van der Waals surface area contributed by atoms with E-state index in [0.717, 1.165) is 5.56 Å². The second-order valence-corrected chi connectivity index (χ2v) is 11.3. The van der Waals surface area contributed by atoms with E-state index in [0.29, 0.717) is 57.3 Å². The molecule has 1 atom stereocenters. The Morgan fingerprint density at radius 3 is 2.34 bits per heavy atom. The van der Waals surface area contributed by atoms with E-state index in [4.69, 9.17) is 19.2 Å². The van der Waals surface area contributed by atoms with E-state index in [-0.39, 0.29) is 23.5 Å². The standard InChI is InChI=1S/C27H28N4O6S/c1-16-25-21(27(32)29-23-13-20(36-3)9-10-24(23)37-4)14-22(17-5-7-19(35-2)8-6-17)28-26(25)31(30-16)18-11-12-38(33,34)15-18/h5-10,13-14,18H,11-12,15H2,1-4H3,(H,29,32). The van der Waals surface area contributed by atoms with Gasteiger partial charge in [-0.3, -0.25) is 4.79 Å². The number of nitrogens with one attached hydrogen (secondary N) is 1. The average Bonchev–Trinajstić information content (AvgIpc) is 3.46. The van der Waals surface area contributed by atoms with Crippen LogP contribution < -0.4 is 19.5 Å². The molecule has 4 aromatic rings. The molecule has 0 radical (unpaired) electrons. The molecule has 5 rings (SSSR count). The number of hydrogen-bond donors (Lipinski definition) is 1. The third kappa shape index (κ3) is 4.76. The fraction of sp³-hybridized carbons (Fsp3) is 0.296. The summed E-state index contributed by atoms with van der Waals surface area (Å²) in [6, 6.07) is 13.8. The molecule has 10 nitrogen and oxygen atoms in total. The van der Waals surface area contributed by atoms with Crippen molar-refractivity contribution in [3.63, 3.8) is 0 Å². The van der Waals surface area contributed by atoms with Gasteiger partial charge in [0.1, 0.15) is 17.2 Å². The lowest BCUT2D eigenvalue weighted by Crippen LogP contribution is -2.15. The van der Waals surface area contributed by atoms with Crippen LogP contribution in [0.15, 0.2) is 48.5 Å². The van der Waals surface area contributed by atoms with E-state index in [1.165, 1.54) is 7.11 Å². The molecule has 1 amide bonds. The van der Waals surface area contributed by atoms with Crippen molar-refractivity contribution in [1.29, 1.82) is 0 Å². The molecule has 1 unspecified atom stereocenters. The monoisotopic (exact) mass is 536 g/mol. The Morgan fingerprint density at radius 1 is 1.00 bits per heavy atom. The molecular weight excluding hydrogens is 508 g/mol. The molecule has 11 heteroatoms. The summed E-state index contributed by atoms with van der Waals surface area (Å²) < 4.78 is 42.2. The number of amides is 1. The number of methoxy groups -OCH3 is 3. The maximum atomic E-state index is 13.8. The number of nitrogens with zero attached hydrogens (tertiary/aromatic N) is 3. The Hall–Kier alpha value is -4.12. The molecule has 1 fully saturated rings. The van der Waals surface area contributed by atoms with Crippen LogP contribution in [0.2, 0.25) is 0 Å². The Morgan fingerprint density at radius 2 is 1.71 bits per heavy atom. The van der Waals surface area contributed by atoms with Gasteiger partial charge in [0.25, 0.3) is 5.91 Å². The van der Waals surface area contributed by atoms with Gasteiger partial charge in [0.2, 0.25) is 0 Å². The molecule has 1 aliphatic heterocycles. The molecule has 2 aromatic carbocycles. The molecule has 1 saturated heterocycles. The summed E-state index contributed by atoms with van der Waals surface area (Å²) in [7, 11) is 1.49. The summed E-state index contributed by atoms with van der Waals surface area (Å²) in [5.74, 6) is 1.42. The number of carbonyl (C=O) groups excluding carboxylic acids is 1. The average molecular weight is 537 g/mol. The first-order valence-corrected chi connectivity index (χ1v) is 13.8. The lowest BCUT2D eigenvalue weighted by atomic mass is 10.0. The van der Waals surface area contributed by atoms with Gasteiger partial charge in [-0.05, 0) is 55.8 Å². The van der Waals surface area contributed by atoms with Crippen LogP contribution in [0.5, 0.6) is 17.2 Å². The van der Waals surface area contributed by atoms with E-state index < -0.39 is 9.84 Å². The van der Waals surface area contributed by atoms with Gasteiger partial charge in [-0.1, -0.05) is 0 Å². The highest BCUT2D eigenvalue weighted by Gasteiger charge is 2.32. The Bertz CT molecular complexity index is 1630. The van der Waals surface area contributed by atoms with Crippen LogP contribution in [0.1, 0.15) is 28.5 Å². The van der Waals surface area contributed by atoms with Crippen LogP contribution in [0.3, 0.4) is 0 Å². The zero-order chi connectivity index (χ0) is 27.0. The van der Waals surface area contributed by atoms with Gasteiger partial charge in [-0.15, -0.1) is 0 Å². The van der Waals surface area contributed by atoms with Crippen molar-refractivity contribution >= 4 is 32.5 Å². The Labute approximate surface area is 220 Å². The van der Waals surface area contributed by atoms with Crippen molar-refractivity contribution in [3.05, 3.63) is 59.8 Å². The molecule has 0 spiro atoms. The number of rotatable bonds is 7. The van der Waals surface area contributed by atoms with Crippen molar-refractivity contribution in [2.24, 2.45) is 0 Å². The minimum Gasteiger partial charge on any atom is -0.497 e. The predicted molar refractivity (Wildman–Crippen MR) is 144 cm³/mol. The van der Waals surface area contributed by atoms with Gasteiger partial charge >= 0.3 is 0 Å². The van der Waals surface area contributed by atoms with E-state index in [1.54, 1.807) is 50.1 Å². The molecule has 1 aliphatic rings. The zero-order valence-electron chi connectivity index (χ0n) is 21.5. The molecule has 2 aromatic heterocycles. The first-order valence-electron chi connectivity index (χ1n) is 12.0. The number of fused-ring (bicyclic) bond motifs is 1. The van der Waals surface area contributed by atoms with E-state index in [2.05, 4.69) is 10.4 Å².